The second kappa shape index (κ2) is 6.92. The van der Waals surface area contributed by atoms with Crippen LogP contribution in [0.15, 0.2) is 27.1 Å². The van der Waals surface area contributed by atoms with Crippen LogP contribution in [0.1, 0.15) is 39.0 Å². The molecule has 18 heavy (non-hydrogen) atoms. The molecule has 4 heteroatoms. The highest BCUT2D eigenvalue weighted by Crippen LogP contribution is 2.30. The lowest BCUT2D eigenvalue weighted by atomic mass is 9.98. The summed E-state index contributed by atoms with van der Waals surface area (Å²) in [7, 11) is 0. The summed E-state index contributed by atoms with van der Waals surface area (Å²) in [5, 5.41) is 0. The number of ether oxygens (including phenoxy) is 2. The summed E-state index contributed by atoms with van der Waals surface area (Å²) >= 11 is 6.92. The Bertz CT molecular complexity index is 389. The molecule has 1 saturated carbocycles. The van der Waals surface area contributed by atoms with E-state index in [1.165, 1.54) is 19.3 Å². The van der Waals surface area contributed by atoms with Gasteiger partial charge in [-0.1, -0.05) is 35.2 Å². The van der Waals surface area contributed by atoms with Gasteiger partial charge in [0, 0.05) is 4.47 Å². The number of hydrogen-bond acceptors (Lipinski definition) is 2. The van der Waals surface area contributed by atoms with Crippen LogP contribution in [0.2, 0.25) is 0 Å². The molecule has 1 aliphatic rings. The highest BCUT2D eigenvalue weighted by Gasteiger charge is 2.18. The summed E-state index contributed by atoms with van der Waals surface area (Å²) < 4.78 is 13.7. The molecule has 0 N–H and O–H groups in total. The fourth-order valence-electron chi connectivity index (χ4n) is 2.25. The molecule has 0 saturated heterocycles. The molecule has 1 fully saturated rings. The van der Waals surface area contributed by atoms with E-state index in [1.807, 2.05) is 25.1 Å². The summed E-state index contributed by atoms with van der Waals surface area (Å²) in [6.45, 7) is 1.96. The van der Waals surface area contributed by atoms with E-state index in [4.69, 9.17) is 9.47 Å². The Balaban J connectivity index is 1.87. The minimum absolute atomic E-state index is 0.203. The molecule has 1 unspecified atom stereocenters. The van der Waals surface area contributed by atoms with E-state index in [-0.39, 0.29) is 6.29 Å². The van der Waals surface area contributed by atoms with Crippen LogP contribution in [-0.2, 0) is 4.74 Å². The number of benzene rings is 1. The average molecular weight is 378 g/mol. The molecule has 0 amide bonds. The van der Waals surface area contributed by atoms with Crippen molar-refractivity contribution >= 4 is 31.9 Å². The third-order valence-electron chi connectivity index (χ3n) is 3.12. The summed E-state index contributed by atoms with van der Waals surface area (Å²) in [6.07, 6.45) is 6.38. The van der Waals surface area contributed by atoms with Crippen molar-refractivity contribution in [2.24, 2.45) is 0 Å². The Labute approximate surface area is 125 Å². The smallest absolute Gasteiger partial charge is 0.197 e. The van der Waals surface area contributed by atoms with Gasteiger partial charge in [-0.15, -0.1) is 0 Å². The van der Waals surface area contributed by atoms with Gasteiger partial charge in [-0.3, -0.25) is 0 Å². The predicted molar refractivity (Wildman–Crippen MR) is 79.9 cm³/mol. The number of rotatable bonds is 4. The Morgan fingerprint density at radius 2 is 1.89 bits per heavy atom. The molecule has 1 atom stereocenters. The quantitative estimate of drug-likeness (QED) is 0.664. The minimum atomic E-state index is -0.203. The first-order chi connectivity index (χ1) is 8.65. The molecule has 2 nitrogen and oxygen atoms in total. The second-order valence-corrected chi connectivity index (χ2v) is 6.43. The topological polar surface area (TPSA) is 18.5 Å². The van der Waals surface area contributed by atoms with E-state index in [0.29, 0.717) is 6.10 Å². The minimum Gasteiger partial charge on any atom is -0.464 e. The van der Waals surface area contributed by atoms with Gasteiger partial charge in [0.25, 0.3) is 0 Å². The van der Waals surface area contributed by atoms with Gasteiger partial charge >= 0.3 is 0 Å². The summed E-state index contributed by atoms with van der Waals surface area (Å²) in [6, 6.07) is 5.88. The van der Waals surface area contributed by atoms with Crippen LogP contribution >= 0.6 is 31.9 Å². The Morgan fingerprint density at radius 1 is 1.17 bits per heavy atom. The van der Waals surface area contributed by atoms with Crippen LogP contribution in [0.3, 0.4) is 0 Å². The molecular formula is C14H18Br2O2. The van der Waals surface area contributed by atoms with Crippen LogP contribution in [0.5, 0.6) is 5.75 Å². The SMILES string of the molecule is CC(Oc1ccc(Br)cc1Br)OC1CCCCC1. The molecule has 1 aromatic rings. The van der Waals surface area contributed by atoms with E-state index in [2.05, 4.69) is 31.9 Å². The van der Waals surface area contributed by atoms with Crippen molar-refractivity contribution in [2.75, 3.05) is 0 Å². The zero-order chi connectivity index (χ0) is 13.0. The third-order valence-corrected chi connectivity index (χ3v) is 4.24. The van der Waals surface area contributed by atoms with Crippen molar-refractivity contribution < 1.29 is 9.47 Å². The highest BCUT2D eigenvalue weighted by atomic mass is 79.9. The van der Waals surface area contributed by atoms with E-state index < -0.39 is 0 Å². The summed E-state index contributed by atoms with van der Waals surface area (Å²) in [5.74, 6) is 0.821. The zero-order valence-electron chi connectivity index (χ0n) is 10.5. The molecule has 0 bridgehead atoms. The lowest BCUT2D eigenvalue weighted by molar-refractivity contribution is -0.117. The van der Waals surface area contributed by atoms with Crippen molar-refractivity contribution in [1.82, 2.24) is 0 Å². The van der Waals surface area contributed by atoms with E-state index in [9.17, 15) is 0 Å². The maximum absolute atomic E-state index is 5.93. The zero-order valence-corrected chi connectivity index (χ0v) is 13.7. The lowest BCUT2D eigenvalue weighted by Gasteiger charge is -2.26. The molecule has 0 aliphatic heterocycles. The van der Waals surface area contributed by atoms with Crippen LogP contribution < -0.4 is 4.74 Å². The largest absolute Gasteiger partial charge is 0.464 e. The molecule has 0 spiro atoms. The van der Waals surface area contributed by atoms with Crippen molar-refractivity contribution in [3.8, 4) is 5.75 Å². The second-order valence-electron chi connectivity index (χ2n) is 4.66. The molecule has 0 aromatic heterocycles. The standard InChI is InChI=1S/C14H18Br2O2/c1-10(17-12-5-3-2-4-6-12)18-14-8-7-11(15)9-13(14)16/h7-10,12H,2-6H2,1H3. The fourth-order valence-corrected chi connectivity index (χ4v) is 3.39. The number of hydrogen-bond donors (Lipinski definition) is 0. The van der Waals surface area contributed by atoms with Crippen LogP contribution in [0, 0.1) is 0 Å². The van der Waals surface area contributed by atoms with E-state index in [1.54, 1.807) is 0 Å². The van der Waals surface area contributed by atoms with Gasteiger partial charge in [-0.25, -0.2) is 0 Å². The van der Waals surface area contributed by atoms with Gasteiger partial charge in [-0.05, 0) is 53.9 Å². The Hall–Kier alpha value is -0.0600. The first-order valence-corrected chi connectivity index (χ1v) is 8.01. The Morgan fingerprint density at radius 3 is 2.56 bits per heavy atom. The van der Waals surface area contributed by atoms with Crippen LogP contribution in [0.25, 0.3) is 0 Å². The lowest BCUT2D eigenvalue weighted by Crippen LogP contribution is -2.26. The molecular weight excluding hydrogens is 360 g/mol. The fraction of sp³-hybridized carbons (Fsp3) is 0.571. The molecule has 2 rings (SSSR count). The van der Waals surface area contributed by atoms with Crippen molar-refractivity contribution in [2.45, 2.75) is 51.4 Å². The molecule has 1 aromatic carbocycles. The monoisotopic (exact) mass is 376 g/mol. The third kappa shape index (κ3) is 4.25. The molecule has 100 valence electrons. The molecule has 0 heterocycles. The van der Waals surface area contributed by atoms with E-state index >= 15 is 0 Å². The van der Waals surface area contributed by atoms with E-state index in [0.717, 1.165) is 27.5 Å². The van der Waals surface area contributed by atoms with Gasteiger partial charge in [0.1, 0.15) is 5.75 Å². The molecule has 1 aliphatic carbocycles. The maximum atomic E-state index is 5.93. The highest BCUT2D eigenvalue weighted by molar-refractivity contribution is 9.11. The first-order valence-electron chi connectivity index (χ1n) is 6.42. The van der Waals surface area contributed by atoms with Crippen LogP contribution in [0.4, 0.5) is 0 Å². The van der Waals surface area contributed by atoms with Gasteiger partial charge < -0.3 is 9.47 Å². The first kappa shape index (κ1) is 14.4. The van der Waals surface area contributed by atoms with Gasteiger partial charge in [0.2, 0.25) is 0 Å². The average Bonchev–Trinajstić information content (AvgIpc) is 2.34. The normalized spacial score (nSPS) is 18.6. The van der Waals surface area contributed by atoms with Crippen molar-refractivity contribution in [1.29, 1.82) is 0 Å². The van der Waals surface area contributed by atoms with Crippen LogP contribution in [-0.4, -0.2) is 12.4 Å². The molecule has 0 radical (unpaired) electrons. The van der Waals surface area contributed by atoms with Crippen molar-refractivity contribution in [3.05, 3.63) is 27.1 Å². The maximum Gasteiger partial charge on any atom is 0.197 e. The Kier molecular flexibility index (Phi) is 5.52. The summed E-state index contributed by atoms with van der Waals surface area (Å²) in [5.41, 5.74) is 0. The van der Waals surface area contributed by atoms with Crippen molar-refractivity contribution in [3.63, 3.8) is 0 Å². The number of halogens is 2. The van der Waals surface area contributed by atoms with Gasteiger partial charge in [0.15, 0.2) is 6.29 Å². The van der Waals surface area contributed by atoms with Gasteiger partial charge in [-0.2, -0.15) is 0 Å². The van der Waals surface area contributed by atoms with Gasteiger partial charge in [0.05, 0.1) is 10.6 Å². The predicted octanol–water partition coefficient (Wildman–Crippen LogP) is 5.29. The summed E-state index contributed by atoms with van der Waals surface area (Å²) in [4.78, 5) is 0.